The van der Waals surface area contributed by atoms with Crippen LogP contribution in [0.1, 0.15) is 106 Å². The summed E-state index contributed by atoms with van der Waals surface area (Å²) in [6.07, 6.45) is 8.56. The number of rotatable bonds is 8. The van der Waals surface area contributed by atoms with E-state index in [1.807, 2.05) is 0 Å². The molecule has 5 aliphatic rings. The molecular formula is C34H58O6. The molecule has 1 heterocycles. The van der Waals surface area contributed by atoms with Crippen molar-refractivity contribution in [2.75, 3.05) is 6.61 Å². The summed E-state index contributed by atoms with van der Waals surface area (Å²) in [5, 5.41) is 40.3. The predicted molar refractivity (Wildman–Crippen MR) is 156 cm³/mol. The van der Waals surface area contributed by atoms with Gasteiger partial charge in [0.05, 0.1) is 12.7 Å². The van der Waals surface area contributed by atoms with E-state index in [1.165, 1.54) is 50.5 Å². The number of fused-ring (bicyclic) bond motifs is 5. The van der Waals surface area contributed by atoms with E-state index >= 15 is 0 Å². The fourth-order valence-corrected chi connectivity index (χ4v) is 10.1. The summed E-state index contributed by atoms with van der Waals surface area (Å²) in [6.45, 7) is 14.4. The standard InChI is InChI=1S/C34H58O6/c1-19(2)20(3)7-8-21(4)25-11-12-26-24-10-9-22-17-23(13-15-33(22,5)27(24)14-16-34(25,26)6)39-32-31(38)30(37)29(36)28(18-35)40-32/h9,19-21,23-32,35-38H,7-8,10-18H2,1-6H3/t20-,21+,23-,24-,25+,26-,27-,28+,29+,30-,31+,32+,33-,34+/m0/s1. The van der Waals surface area contributed by atoms with Crippen molar-refractivity contribution in [2.45, 2.75) is 143 Å². The van der Waals surface area contributed by atoms with Gasteiger partial charge in [0, 0.05) is 0 Å². The van der Waals surface area contributed by atoms with E-state index in [4.69, 9.17) is 9.47 Å². The lowest BCUT2D eigenvalue weighted by molar-refractivity contribution is -0.313. The second-order valence-electron chi connectivity index (χ2n) is 15.5. The molecule has 0 aromatic rings. The van der Waals surface area contributed by atoms with E-state index in [0.717, 1.165) is 60.7 Å². The summed E-state index contributed by atoms with van der Waals surface area (Å²) < 4.78 is 11.9. The maximum atomic E-state index is 10.5. The number of hydrogen-bond acceptors (Lipinski definition) is 6. The maximum Gasteiger partial charge on any atom is 0.186 e. The van der Waals surface area contributed by atoms with Gasteiger partial charge in [0.2, 0.25) is 0 Å². The van der Waals surface area contributed by atoms with E-state index in [0.29, 0.717) is 5.41 Å². The van der Waals surface area contributed by atoms with Crippen molar-refractivity contribution in [1.82, 2.24) is 0 Å². The highest BCUT2D eigenvalue weighted by molar-refractivity contribution is 5.25. The van der Waals surface area contributed by atoms with Crippen molar-refractivity contribution in [3.05, 3.63) is 11.6 Å². The van der Waals surface area contributed by atoms with Crippen molar-refractivity contribution in [3.8, 4) is 0 Å². The average molecular weight is 563 g/mol. The molecule has 4 fully saturated rings. The normalized spacial score (nSPS) is 48.6. The van der Waals surface area contributed by atoms with Crippen LogP contribution in [0.25, 0.3) is 0 Å². The molecule has 3 saturated carbocycles. The molecule has 0 aromatic carbocycles. The van der Waals surface area contributed by atoms with Gasteiger partial charge < -0.3 is 29.9 Å². The Hall–Kier alpha value is -0.500. The molecule has 1 saturated heterocycles. The van der Waals surface area contributed by atoms with Crippen LogP contribution in [0, 0.1) is 52.3 Å². The third kappa shape index (κ3) is 5.36. The summed E-state index contributed by atoms with van der Waals surface area (Å²) in [7, 11) is 0. The van der Waals surface area contributed by atoms with Crippen LogP contribution < -0.4 is 0 Å². The van der Waals surface area contributed by atoms with Crippen LogP contribution in [-0.2, 0) is 9.47 Å². The average Bonchev–Trinajstić information content (AvgIpc) is 3.29. The Morgan fingerprint density at radius 2 is 1.68 bits per heavy atom. The Morgan fingerprint density at radius 1 is 0.925 bits per heavy atom. The van der Waals surface area contributed by atoms with E-state index in [-0.39, 0.29) is 11.5 Å². The molecule has 0 bridgehead atoms. The predicted octanol–water partition coefficient (Wildman–Crippen LogP) is 5.46. The van der Waals surface area contributed by atoms with Crippen molar-refractivity contribution < 1.29 is 29.9 Å². The number of aliphatic hydroxyl groups excluding tert-OH is 4. The molecular weight excluding hydrogens is 504 g/mol. The minimum atomic E-state index is -1.40. The first-order valence-corrected chi connectivity index (χ1v) is 16.6. The highest BCUT2D eigenvalue weighted by atomic mass is 16.7. The number of hydrogen-bond donors (Lipinski definition) is 4. The van der Waals surface area contributed by atoms with Crippen molar-refractivity contribution >= 4 is 0 Å². The minimum Gasteiger partial charge on any atom is -0.394 e. The fourth-order valence-electron chi connectivity index (χ4n) is 10.1. The molecule has 0 unspecified atom stereocenters. The van der Waals surface area contributed by atoms with Crippen molar-refractivity contribution in [1.29, 1.82) is 0 Å². The van der Waals surface area contributed by atoms with Crippen LogP contribution in [0.3, 0.4) is 0 Å². The van der Waals surface area contributed by atoms with Crippen LogP contribution in [0.15, 0.2) is 11.6 Å². The molecule has 0 spiro atoms. The smallest absolute Gasteiger partial charge is 0.186 e. The highest BCUT2D eigenvalue weighted by Crippen LogP contribution is 2.67. The lowest BCUT2D eigenvalue weighted by Gasteiger charge is -2.58. The summed E-state index contributed by atoms with van der Waals surface area (Å²) in [4.78, 5) is 0. The van der Waals surface area contributed by atoms with Gasteiger partial charge in [-0.25, -0.2) is 0 Å². The molecule has 0 radical (unpaired) electrons. The first-order chi connectivity index (χ1) is 18.9. The molecule has 40 heavy (non-hydrogen) atoms. The molecule has 4 aliphatic carbocycles. The third-order valence-electron chi connectivity index (χ3n) is 13.2. The Balaban J connectivity index is 1.24. The van der Waals surface area contributed by atoms with Gasteiger partial charge in [0.15, 0.2) is 6.29 Å². The van der Waals surface area contributed by atoms with E-state index in [1.54, 1.807) is 0 Å². The monoisotopic (exact) mass is 562 g/mol. The lowest BCUT2D eigenvalue weighted by Crippen LogP contribution is -2.60. The van der Waals surface area contributed by atoms with Gasteiger partial charge in [-0.1, -0.05) is 66.0 Å². The summed E-state index contributed by atoms with van der Waals surface area (Å²) in [6, 6.07) is 0. The second kappa shape index (κ2) is 11.9. The Kier molecular flexibility index (Phi) is 9.19. The van der Waals surface area contributed by atoms with Crippen molar-refractivity contribution in [3.63, 3.8) is 0 Å². The fraction of sp³-hybridized carbons (Fsp3) is 0.941. The molecule has 1 aliphatic heterocycles. The Morgan fingerprint density at radius 3 is 2.38 bits per heavy atom. The zero-order valence-electron chi connectivity index (χ0n) is 26.0. The number of ether oxygens (including phenoxy) is 2. The van der Waals surface area contributed by atoms with Gasteiger partial charge in [0.25, 0.3) is 0 Å². The molecule has 0 aromatic heterocycles. The van der Waals surface area contributed by atoms with Crippen LogP contribution in [0.2, 0.25) is 0 Å². The molecule has 5 rings (SSSR count). The molecule has 0 amide bonds. The minimum absolute atomic E-state index is 0.101. The van der Waals surface area contributed by atoms with Crippen molar-refractivity contribution in [2.24, 2.45) is 52.3 Å². The van der Waals surface area contributed by atoms with E-state index in [9.17, 15) is 20.4 Å². The van der Waals surface area contributed by atoms with Gasteiger partial charge in [-0.15, -0.1) is 0 Å². The first kappa shape index (κ1) is 30.9. The van der Waals surface area contributed by atoms with E-state index < -0.39 is 37.3 Å². The summed E-state index contributed by atoms with van der Waals surface area (Å²) in [5.74, 6) is 5.60. The summed E-state index contributed by atoms with van der Waals surface area (Å²) >= 11 is 0. The third-order valence-corrected chi connectivity index (χ3v) is 13.2. The van der Waals surface area contributed by atoms with Crippen LogP contribution in [-0.4, -0.2) is 63.8 Å². The highest BCUT2D eigenvalue weighted by Gasteiger charge is 2.59. The van der Waals surface area contributed by atoms with Gasteiger partial charge in [-0.05, 0) is 104 Å². The number of allylic oxidation sites excluding steroid dienone is 1. The molecule has 6 heteroatoms. The number of aliphatic hydroxyl groups is 4. The molecule has 4 N–H and O–H groups in total. The Labute approximate surface area is 242 Å². The zero-order valence-corrected chi connectivity index (χ0v) is 26.0. The second-order valence-corrected chi connectivity index (χ2v) is 15.5. The van der Waals surface area contributed by atoms with E-state index in [2.05, 4.69) is 47.6 Å². The van der Waals surface area contributed by atoms with Gasteiger partial charge in [0.1, 0.15) is 24.4 Å². The topological polar surface area (TPSA) is 99.4 Å². The molecule has 14 atom stereocenters. The SMILES string of the molecule is CC(C)[C@@H](C)CC[C@@H](C)[C@H]1CC[C@H]2[C@@H]3CC=C4C[C@@H](O[C@@H]5O[C@H](CO)[C@@H](O)[C@H](O)[C@H]5O)CC[C@]4(C)[C@H]3CC[C@]12C. The van der Waals surface area contributed by atoms with Crippen LogP contribution in [0.4, 0.5) is 0 Å². The quantitative estimate of drug-likeness (QED) is 0.293. The van der Waals surface area contributed by atoms with Crippen LogP contribution >= 0.6 is 0 Å². The molecule has 6 nitrogen and oxygen atoms in total. The largest absolute Gasteiger partial charge is 0.394 e. The lowest BCUT2D eigenvalue weighted by atomic mass is 9.47. The van der Waals surface area contributed by atoms with Crippen LogP contribution in [0.5, 0.6) is 0 Å². The first-order valence-electron chi connectivity index (χ1n) is 16.6. The van der Waals surface area contributed by atoms with Gasteiger partial charge >= 0.3 is 0 Å². The van der Waals surface area contributed by atoms with Gasteiger partial charge in [-0.2, -0.15) is 0 Å². The maximum absolute atomic E-state index is 10.5. The summed E-state index contributed by atoms with van der Waals surface area (Å²) in [5.41, 5.74) is 2.19. The zero-order chi connectivity index (χ0) is 29.0. The Bertz CT molecular complexity index is 903. The molecule has 230 valence electrons. The van der Waals surface area contributed by atoms with Gasteiger partial charge in [-0.3, -0.25) is 0 Å².